The fourth-order valence-electron chi connectivity index (χ4n) is 2.27. The van der Waals surface area contributed by atoms with Crippen LogP contribution in [0.25, 0.3) is 5.69 Å². The average molecular weight is 340 g/mol. The lowest BCUT2D eigenvalue weighted by Crippen LogP contribution is -2.07. The van der Waals surface area contributed by atoms with Crippen molar-refractivity contribution in [3.63, 3.8) is 0 Å². The zero-order valence-corrected chi connectivity index (χ0v) is 14.1. The molecule has 122 valence electrons. The predicted octanol–water partition coefficient (Wildman–Crippen LogP) is 2.96. The first-order valence-corrected chi connectivity index (χ1v) is 8.34. The number of aromatic nitrogens is 4. The minimum atomic E-state index is 0.0430. The first-order chi connectivity index (χ1) is 11.5. The monoisotopic (exact) mass is 340 g/mol. The van der Waals surface area contributed by atoms with Crippen molar-refractivity contribution in [2.75, 3.05) is 5.75 Å². The number of benzene rings is 2. The molecule has 1 N–H and O–H groups in total. The van der Waals surface area contributed by atoms with E-state index in [0.717, 1.165) is 22.4 Å². The summed E-state index contributed by atoms with van der Waals surface area (Å²) in [4.78, 5) is 12.5. The summed E-state index contributed by atoms with van der Waals surface area (Å²) >= 11 is 1.29. The zero-order chi connectivity index (χ0) is 17.1. The van der Waals surface area contributed by atoms with Gasteiger partial charge in [0.05, 0.1) is 11.4 Å². The third-order valence-electron chi connectivity index (χ3n) is 3.56. The Kier molecular flexibility index (Phi) is 4.61. The van der Waals surface area contributed by atoms with Crippen LogP contribution in [0.3, 0.4) is 0 Å². The lowest BCUT2D eigenvalue weighted by atomic mass is 10.0. The second-order valence-corrected chi connectivity index (χ2v) is 6.36. The summed E-state index contributed by atoms with van der Waals surface area (Å²) in [6, 6.07) is 12.4. The minimum absolute atomic E-state index is 0.0430. The summed E-state index contributed by atoms with van der Waals surface area (Å²) in [5.41, 5.74) is 3.47. The van der Waals surface area contributed by atoms with Crippen LogP contribution in [0.2, 0.25) is 0 Å². The number of tetrazole rings is 1. The van der Waals surface area contributed by atoms with E-state index in [4.69, 9.17) is 0 Å². The molecule has 6 nitrogen and oxygen atoms in total. The van der Waals surface area contributed by atoms with Crippen LogP contribution in [0.5, 0.6) is 5.75 Å². The summed E-state index contributed by atoms with van der Waals surface area (Å²) in [6.45, 7) is 3.90. The fraction of sp³-hybridized carbons (Fsp3) is 0.176. The quantitative estimate of drug-likeness (QED) is 0.568. The second-order valence-electron chi connectivity index (χ2n) is 5.42. The topological polar surface area (TPSA) is 80.9 Å². The van der Waals surface area contributed by atoms with Crippen molar-refractivity contribution < 1.29 is 9.90 Å². The molecule has 3 rings (SSSR count). The van der Waals surface area contributed by atoms with E-state index in [1.165, 1.54) is 11.8 Å². The van der Waals surface area contributed by atoms with Gasteiger partial charge in [-0.25, -0.2) is 0 Å². The Morgan fingerprint density at radius 1 is 1.17 bits per heavy atom. The highest BCUT2D eigenvalue weighted by Crippen LogP contribution is 2.22. The molecule has 0 bridgehead atoms. The summed E-state index contributed by atoms with van der Waals surface area (Å²) in [5.74, 6) is 0.468. The Morgan fingerprint density at radius 2 is 1.92 bits per heavy atom. The highest BCUT2D eigenvalue weighted by Gasteiger charge is 2.14. The van der Waals surface area contributed by atoms with Crippen molar-refractivity contribution in [1.82, 2.24) is 20.2 Å². The Hall–Kier alpha value is -2.67. The number of carbonyl (C=O) groups excluding carboxylic acids is 1. The molecule has 0 radical (unpaired) electrons. The molecule has 0 saturated heterocycles. The number of rotatable bonds is 5. The normalized spacial score (nSPS) is 10.8. The van der Waals surface area contributed by atoms with Crippen LogP contribution < -0.4 is 0 Å². The fourth-order valence-corrected chi connectivity index (χ4v) is 3.04. The Labute approximate surface area is 143 Å². The first kappa shape index (κ1) is 16.2. The van der Waals surface area contributed by atoms with Crippen LogP contribution in [-0.4, -0.2) is 36.8 Å². The van der Waals surface area contributed by atoms with Crippen LogP contribution in [0, 0.1) is 13.8 Å². The van der Waals surface area contributed by atoms with Gasteiger partial charge in [0.25, 0.3) is 0 Å². The van der Waals surface area contributed by atoms with Crippen molar-refractivity contribution in [3.8, 4) is 11.4 Å². The van der Waals surface area contributed by atoms with E-state index >= 15 is 0 Å². The lowest BCUT2D eigenvalue weighted by Gasteiger charge is -2.07. The lowest BCUT2D eigenvalue weighted by molar-refractivity contribution is 0.102. The molecular weight excluding hydrogens is 324 g/mol. The van der Waals surface area contributed by atoms with Crippen molar-refractivity contribution in [2.45, 2.75) is 19.0 Å². The number of phenolic OH excluding ortho intramolecular Hbond substituents is 1. The van der Waals surface area contributed by atoms with Gasteiger partial charge in [-0.1, -0.05) is 29.5 Å². The van der Waals surface area contributed by atoms with Crippen LogP contribution in [0.1, 0.15) is 21.5 Å². The van der Waals surface area contributed by atoms with E-state index in [0.29, 0.717) is 5.16 Å². The molecule has 0 aliphatic rings. The predicted molar refractivity (Wildman–Crippen MR) is 91.8 cm³/mol. The summed E-state index contributed by atoms with van der Waals surface area (Å²) in [6.07, 6.45) is 0. The highest BCUT2D eigenvalue weighted by molar-refractivity contribution is 7.99. The number of hydrogen-bond donors (Lipinski definition) is 1. The van der Waals surface area contributed by atoms with Crippen LogP contribution >= 0.6 is 11.8 Å². The minimum Gasteiger partial charge on any atom is -0.508 e. The molecule has 1 aromatic heterocycles. The highest BCUT2D eigenvalue weighted by atomic mass is 32.2. The molecule has 24 heavy (non-hydrogen) atoms. The summed E-state index contributed by atoms with van der Waals surface area (Å²) < 4.78 is 1.54. The van der Waals surface area contributed by atoms with Gasteiger partial charge < -0.3 is 5.11 Å². The Bertz CT molecular complexity index is 875. The number of ketones is 1. The molecule has 0 saturated carbocycles. The number of phenols is 1. The van der Waals surface area contributed by atoms with Crippen molar-refractivity contribution in [2.24, 2.45) is 0 Å². The van der Waals surface area contributed by atoms with Crippen molar-refractivity contribution >= 4 is 17.5 Å². The van der Waals surface area contributed by atoms with Gasteiger partial charge in [-0.05, 0) is 60.2 Å². The third-order valence-corrected chi connectivity index (χ3v) is 4.48. The molecule has 0 unspecified atom stereocenters. The SMILES string of the molecule is Cc1ccc(C)c(C(=O)CSc2nnnn2-c2ccc(O)cc2)c1. The van der Waals surface area contributed by atoms with E-state index < -0.39 is 0 Å². The van der Waals surface area contributed by atoms with Gasteiger partial charge in [-0.15, -0.1) is 5.10 Å². The smallest absolute Gasteiger partial charge is 0.214 e. The van der Waals surface area contributed by atoms with Gasteiger partial charge in [0.2, 0.25) is 5.16 Å². The molecule has 2 aromatic carbocycles. The van der Waals surface area contributed by atoms with Gasteiger partial charge in [-0.3, -0.25) is 4.79 Å². The van der Waals surface area contributed by atoms with Gasteiger partial charge in [-0.2, -0.15) is 4.68 Å². The van der Waals surface area contributed by atoms with Crippen molar-refractivity contribution in [1.29, 1.82) is 0 Å². The molecule has 0 atom stereocenters. The molecule has 0 fully saturated rings. The Balaban J connectivity index is 1.76. The average Bonchev–Trinajstić information content (AvgIpc) is 3.04. The number of Topliss-reactive ketones (excluding diaryl/α,β-unsaturated/α-hetero) is 1. The maximum atomic E-state index is 12.5. The summed E-state index contributed by atoms with van der Waals surface area (Å²) in [5, 5.41) is 21.5. The van der Waals surface area contributed by atoms with Crippen molar-refractivity contribution in [3.05, 3.63) is 59.2 Å². The van der Waals surface area contributed by atoms with Gasteiger partial charge >= 0.3 is 0 Å². The molecule has 0 amide bonds. The van der Waals surface area contributed by atoms with Crippen LogP contribution in [0.15, 0.2) is 47.6 Å². The molecule has 0 aliphatic carbocycles. The number of hydrogen-bond acceptors (Lipinski definition) is 6. The van der Waals surface area contributed by atoms with Gasteiger partial charge in [0.1, 0.15) is 5.75 Å². The molecule has 0 aliphatic heterocycles. The third kappa shape index (κ3) is 3.46. The van der Waals surface area contributed by atoms with Gasteiger partial charge in [0, 0.05) is 5.56 Å². The number of carbonyl (C=O) groups is 1. The largest absolute Gasteiger partial charge is 0.508 e. The van der Waals surface area contributed by atoms with Crippen LogP contribution in [-0.2, 0) is 0 Å². The molecule has 7 heteroatoms. The number of aromatic hydroxyl groups is 1. The maximum absolute atomic E-state index is 12.5. The van der Waals surface area contributed by atoms with Gasteiger partial charge in [0.15, 0.2) is 5.78 Å². The van der Waals surface area contributed by atoms with E-state index in [-0.39, 0.29) is 17.3 Å². The molecular formula is C17H16N4O2S. The molecule has 1 heterocycles. The van der Waals surface area contributed by atoms with E-state index in [1.807, 2.05) is 32.0 Å². The number of nitrogens with zero attached hydrogens (tertiary/aromatic N) is 4. The molecule has 0 spiro atoms. The first-order valence-electron chi connectivity index (χ1n) is 7.35. The zero-order valence-electron chi connectivity index (χ0n) is 13.3. The van der Waals surface area contributed by atoms with E-state index in [9.17, 15) is 9.90 Å². The van der Waals surface area contributed by atoms with E-state index in [2.05, 4.69) is 15.5 Å². The summed E-state index contributed by atoms with van der Waals surface area (Å²) in [7, 11) is 0. The standard InChI is InChI=1S/C17H16N4O2S/c1-11-3-4-12(2)15(9-11)16(23)10-24-17-18-19-20-21(17)13-5-7-14(22)8-6-13/h3-9,22H,10H2,1-2H3. The number of aryl methyl sites for hydroxylation is 2. The Morgan fingerprint density at radius 3 is 2.67 bits per heavy atom. The number of thioether (sulfide) groups is 1. The second kappa shape index (κ2) is 6.84. The maximum Gasteiger partial charge on any atom is 0.214 e. The molecule has 3 aromatic rings. The van der Waals surface area contributed by atoms with E-state index in [1.54, 1.807) is 28.9 Å². The van der Waals surface area contributed by atoms with Crippen LogP contribution in [0.4, 0.5) is 0 Å².